The Morgan fingerprint density at radius 2 is 1.76 bits per heavy atom. The first-order chi connectivity index (χ1) is 14.2. The SMILES string of the molecule is COc1ccc(/C=C/C(=O)C2C(=O)NC3CCCCC3C2c2ccccc2)cc1. The van der Waals surface area contributed by atoms with Crippen molar-refractivity contribution in [2.45, 2.75) is 37.6 Å². The number of nitrogens with one attached hydrogen (secondary N) is 1. The number of hydrogen-bond donors (Lipinski definition) is 1. The summed E-state index contributed by atoms with van der Waals surface area (Å²) in [6, 6.07) is 17.8. The molecule has 2 fully saturated rings. The minimum atomic E-state index is -0.675. The van der Waals surface area contributed by atoms with Crippen molar-refractivity contribution < 1.29 is 14.3 Å². The lowest BCUT2D eigenvalue weighted by Gasteiger charge is -2.45. The highest BCUT2D eigenvalue weighted by Crippen LogP contribution is 2.44. The Balaban J connectivity index is 1.62. The van der Waals surface area contributed by atoms with Crippen LogP contribution in [0, 0.1) is 11.8 Å². The number of ketones is 1. The fourth-order valence-corrected chi connectivity index (χ4v) is 4.87. The van der Waals surface area contributed by atoms with Crippen molar-refractivity contribution in [2.75, 3.05) is 7.11 Å². The fraction of sp³-hybridized carbons (Fsp3) is 0.360. The number of ether oxygens (including phenoxy) is 1. The van der Waals surface area contributed by atoms with Crippen molar-refractivity contribution >= 4 is 17.8 Å². The highest BCUT2D eigenvalue weighted by atomic mass is 16.5. The van der Waals surface area contributed by atoms with Gasteiger partial charge in [0.1, 0.15) is 11.7 Å². The van der Waals surface area contributed by atoms with Crippen LogP contribution >= 0.6 is 0 Å². The van der Waals surface area contributed by atoms with Gasteiger partial charge >= 0.3 is 0 Å². The van der Waals surface area contributed by atoms with E-state index in [1.807, 2.05) is 42.5 Å². The molecule has 2 aromatic carbocycles. The molecule has 1 amide bonds. The summed E-state index contributed by atoms with van der Waals surface area (Å²) < 4.78 is 5.17. The number of amides is 1. The minimum Gasteiger partial charge on any atom is -0.497 e. The molecular weight excluding hydrogens is 362 g/mol. The second-order valence-corrected chi connectivity index (χ2v) is 7.99. The van der Waals surface area contributed by atoms with E-state index in [0.29, 0.717) is 5.92 Å². The van der Waals surface area contributed by atoms with Crippen LogP contribution in [0.3, 0.4) is 0 Å². The number of benzene rings is 2. The van der Waals surface area contributed by atoms with Gasteiger partial charge in [-0.1, -0.05) is 61.4 Å². The molecule has 1 aliphatic heterocycles. The van der Waals surface area contributed by atoms with Gasteiger partial charge in [0.2, 0.25) is 5.91 Å². The third-order valence-corrected chi connectivity index (χ3v) is 6.30. The molecule has 1 aliphatic carbocycles. The molecule has 2 aromatic rings. The summed E-state index contributed by atoms with van der Waals surface area (Å²) in [7, 11) is 1.62. The first kappa shape index (κ1) is 19.4. The molecule has 1 saturated heterocycles. The summed E-state index contributed by atoms with van der Waals surface area (Å²) in [4.78, 5) is 26.2. The van der Waals surface area contributed by atoms with Gasteiger partial charge in [-0.25, -0.2) is 0 Å². The molecule has 1 N–H and O–H groups in total. The highest BCUT2D eigenvalue weighted by molar-refractivity contribution is 6.09. The van der Waals surface area contributed by atoms with E-state index in [1.165, 1.54) is 0 Å². The number of piperidine rings is 1. The fourth-order valence-electron chi connectivity index (χ4n) is 4.87. The number of carbonyl (C=O) groups excluding carboxylic acids is 2. The molecule has 4 unspecified atom stereocenters. The van der Waals surface area contributed by atoms with E-state index in [9.17, 15) is 9.59 Å². The van der Waals surface area contributed by atoms with Crippen LogP contribution in [-0.2, 0) is 9.59 Å². The van der Waals surface area contributed by atoms with E-state index < -0.39 is 5.92 Å². The van der Waals surface area contributed by atoms with Crippen LogP contribution in [0.5, 0.6) is 5.75 Å². The lowest BCUT2D eigenvalue weighted by Crippen LogP contribution is -2.56. The van der Waals surface area contributed by atoms with Crippen molar-refractivity contribution in [3.8, 4) is 5.75 Å². The Morgan fingerprint density at radius 1 is 1.03 bits per heavy atom. The van der Waals surface area contributed by atoms with Gasteiger partial charge in [-0.05, 0) is 48.1 Å². The van der Waals surface area contributed by atoms with E-state index in [2.05, 4.69) is 17.4 Å². The molecule has 4 nitrogen and oxygen atoms in total. The summed E-state index contributed by atoms with van der Waals surface area (Å²) in [5.74, 6) is 0.0805. The maximum absolute atomic E-state index is 13.2. The Labute approximate surface area is 172 Å². The Kier molecular flexibility index (Phi) is 5.79. The third kappa shape index (κ3) is 4.12. The normalized spacial score (nSPS) is 26.6. The van der Waals surface area contributed by atoms with Crippen molar-refractivity contribution in [2.24, 2.45) is 11.8 Å². The van der Waals surface area contributed by atoms with Gasteiger partial charge in [-0.15, -0.1) is 0 Å². The second kappa shape index (κ2) is 8.64. The molecule has 4 atom stereocenters. The average Bonchev–Trinajstić information content (AvgIpc) is 2.77. The average molecular weight is 389 g/mol. The number of allylic oxidation sites excluding steroid dienone is 1. The van der Waals surface area contributed by atoms with Gasteiger partial charge < -0.3 is 10.1 Å². The van der Waals surface area contributed by atoms with E-state index in [1.54, 1.807) is 19.3 Å². The summed E-state index contributed by atoms with van der Waals surface area (Å²) >= 11 is 0. The maximum Gasteiger partial charge on any atom is 0.231 e. The number of fused-ring (bicyclic) bond motifs is 1. The predicted octanol–water partition coefficient (Wildman–Crippen LogP) is 4.37. The lowest BCUT2D eigenvalue weighted by molar-refractivity contribution is -0.137. The van der Waals surface area contributed by atoms with Crippen LogP contribution in [0.1, 0.15) is 42.7 Å². The quantitative estimate of drug-likeness (QED) is 0.610. The molecule has 150 valence electrons. The van der Waals surface area contributed by atoms with Gasteiger partial charge in [-0.2, -0.15) is 0 Å². The summed E-state index contributed by atoms with van der Waals surface area (Å²) in [5, 5.41) is 3.15. The molecule has 4 rings (SSSR count). The standard InChI is InChI=1S/C25H27NO3/c1-29-19-14-11-17(12-15-19)13-16-22(27)24-23(18-7-3-2-4-8-18)20-9-5-6-10-21(20)26-25(24)28/h2-4,7-8,11-16,20-21,23-24H,5-6,9-10H2,1H3,(H,26,28)/b16-13+. The molecule has 29 heavy (non-hydrogen) atoms. The topological polar surface area (TPSA) is 55.4 Å². The summed E-state index contributed by atoms with van der Waals surface area (Å²) in [6.07, 6.45) is 7.69. The zero-order chi connectivity index (χ0) is 20.2. The molecule has 0 aromatic heterocycles. The first-order valence-corrected chi connectivity index (χ1v) is 10.4. The molecule has 0 bridgehead atoms. The van der Waals surface area contributed by atoms with Gasteiger partial charge in [0.25, 0.3) is 0 Å². The van der Waals surface area contributed by atoms with Crippen LogP contribution < -0.4 is 10.1 Å². The van der Waals surface area contributed by atoms with E-state index in [0.717, 1.165) is 42.6 Å². The first-order valence-electron chi connectivity index (χ1n) is 10.4. The Hall–Kier alpha value is -2.88. The van der Waals surface area contributed by atoms with Gasteiger partial charge in [0, 0.05) is 12.0 Å². The smallest absolute Gasteiger partial charge is 0.231 e. The number of carbonyl (C=O) groups is 2. The van der Waals surface area contributed by atoms with E-state index in [-0.39, 0.29) is 23.7 Å². The number of rotatable bonds is 5. The minimum absolute atomic E-state index is 0.0664. The molecule has 2 aliphatic rings. The summed E-state index contributed by atoms with van der Waals surface area (Å²) in [5.41, 5.74) is 2.00. The Morgan fingerprint density at radius 3 is 2.48 bits per heavy atom. The van der Waals surface area contributed by atoms with E-state index in [4.69, 9.17) is 4.74 Å². The van der Waals surface area contributed by atoms with Crippen LogP contribution in [-0.4, -0.2) is 24.8 Å². The predicted molar refractivity (Wildman–Crippen MR) is 114 cm³/mol. The van der Waals surface area contributed by atoms with Gasteiger partial charge in [0.05, 0.1) is 7.11 Å². The molecule has 0 radical (unpaired) electrons. The zero-order valence-electron chi connectivity index (χ0n) is 16.7. The van der Waals surface area contributed by atoms with Crippen LogP contribution in [0.4, 0.5) is 0 Å². The van der Waals surface area contributed by atoms with Crippen LogP contribution in [0.15, 0.2) is 60.7 Å². The van der Waals surface area contributed by atoms with Gasteiger partial charge in [0.15, 0.2) is 5.78 Å². The van der Waals surface area contributed by atoms with Crippen molar-refractivity contribution in [1.29, 1.82) is 0 Å². The molecule has 0 spiro atoms. The summed E-state index contributed by atoms with van der Waals surface area (Å²) in [6.45, 7) is 0. The molecule has 1 heterocycles. The van der Waals surface area contributed by atoms with Crippen molar-refractivity contribution in [1.82, 2.24) is 5.32 Å². The monoisotopic (exact) mass is 389 g/mol. The third-order valence-electron chi connectivity index (χ3n) is 6.30. The van der Waals surface area contributed by atoms with Crippen LogP contribution in [0.25, 0.3) is 6.08 Å². The number of methoxy groups -OCH3 is 1. The van der Waals surface area contributed by atoms with Crippen molar-refractivity contribution in [3.63, 3.8) is 0 Å². The van der Waals surface area contributed by atoms with E-state index >= 15 is 0 Å². The highest BCUT2D eigenvalue weighted by Gasteiger charge is 2.47. The lowest BCUT2D eigenvalue weighted by atomic mass is 9.64. The number of hydrogen-bond acceptors (Lipinski definition) is 3. The van der Waals surface area contributed by atoms with Gasteiger partial charge in [-0.3, -0.25) is 9.59 Å². The van der Waals surface area contributed by atoms with Crippen LogP contribution in [0.2, 0.25) is 0 Å². The molecule has 4 heteroatoms. The Bertz CT molecular complexity index is 888. The second-order valence-electron chi connectivity index (χ2n) is 7.99. The van der Waals surface area contributed by atoms with Crippen molar-refractivity contribution in [3.05, 3.63) is 71.8 Å². The molecular formula is C25H27NO3. The zero-order valence-corrected chi connectivity index (χ0v) is 16.7. The molecule has 1 saturated carbocycles. The largest absolute Gasteiger partial charge is 0.497 e. The maximum atomic E-state index is 13.2.